The van der Waals surface area contributed by atoms with E-state index in [9.17, 15) is 4.79 Å². The summed E-state index contributed by atoms with van der Waals surface area (Å²) >= 11 is 0. The Morgan fingerprint density at radius 2 is 1.50 bits per heavy atom. The Bertz CT molecular complexity index is 1060. The fraction of sp³-hybridized carbons (Fsp3) is 0.0952. The first kappa shape index (κ1) is 14.5. The molecule has 0 atom stereocenters. The number of nitrogens with zero attached hydrogens (tertiary/aromatic N) is 1. The van der Waals surface area contributed by atoms with E-state index in [1.54, 1.807) is 0 Å². The van der Waals surface area contributed by atoms with Gasteiger partial charge in [-0.1, -0.05) is 60.7 Å². The summed E-state index contributed by atoms with van der Waals surface area (Å²) in [5, 5.41) is 1.69. The molecule has 4 rings (SSSR count). The Kier molecular flexibility index (Phi) is 3.35. The van der Waals surface area contributed by atoms with Crippen LogP contribution in [0.2, 0.25) is 0 Å². The molecule has 0 bridgehead atoms. The van der Waals surface area contributed by atoms with Gasteiger partial charge in [0.15, 0.2) is 0 Å². The Hall–Kier alpha value is -3.07. The van der Waals surface area contributed by atoms with Crippen LogP contribution in [0, 0.1) is 6.92 Å². The summed E-state index contributed by atoms with van der Waals surface area (Å²) < 4.78 is 1.38. The molecule has 2 aliphatic carbocycles. The molecule has 0 saturated heterocycles. The minimum Gasteiger partial charge on any atom is -0.413 e. The second-order valence-electron chi connectivity index (χ2n) is 5.83. The molecular formula is C21H17NO2. The van der Waals surface area contributed by atoms with E-state index >= 15 is 0 Å². The zero-order valence-electron chi connectivity index (χ0n) is 13.6. The van der Waals surface area contributed by atoms with Crippen LogP contribution < -0.4 is 10.4 Å². The molecule has 0 amide bonds. The van der Waals surface area contributed by atoms with Crippen LogP contribution in [0.25, 0.3) is 33.2 Å². The molecule has 0 unspecified atom stereocenters. The molecule has 0 saturated carbocycles. The molecule has 3 nitrogen and oxygen atoms in total. The van der Waals surface area contributed by atoms with Crippen molar-refractivity contribution in [2.24, 2.45) is 0 Å². The lowest BCUT2D eigenvalue weighted by atomic mass is 10.1. The van der Waals surface area contributed by atoms with Gasteiger partial charge in [-0.05, 0) is 35.1 Å². The summed E-state index contributed by atoms with van der Waals surface area (Å²) in [7, 11) is 1.53. The van der Waals surface area contributed by atoms with E-state index in [1.165, 1.54) is 11.8 Å². The van der Waals surface area contributed by atoms with Crippen molar-refractivity contribution < 1.29 is 4.84 Å². The van der Waals surface area contributed by atoms with Crippen LogP contribution in [0.5, 0.6) is 0 Å². The Morgan fingerprint density at radius 3 is 2.17 bits per heavy atom. The van der Waals surface area contributed by atoms with Gasteiger partial charge in [-0.2, -0.15) is 0 Å². The smallest absolute Gasteiger partial charge is 0.292 e. The van der Waals surface area contributed by atoms with Crippen molar-refractivity contribution in [3.05, 3.63) is 82.6 Å². The summed E-state index contributed by atoms with van der Waals surface area (Å²) in [4.78, 5) is 18.5. The lowest BCUT2D eigenvalue weighted by Crippen LogP contribution is -2.26. The third kappa shape index (κ3) is 2.02. The predicted molar refractivity (Wildman–Crippen MR) is 97.5 cm³/mol. The van der Waals surface area contributed by atoms with Gasteiger partial charge in [-0.3, -0.25) is 4.79 Å². The molecule has 0 spiro atoms. The van der Waals surface area contributed by atoms with Gasteiger partial charge in [0.05, 0.1) is 11.1 Å². The first-order valence-electron chi connectivity index (χ1n) is 7.89. The predicted octanol–water partition coefficient (Wildman–Crippen LogP) is 4.14. The summed E-state index contributed by atoms with van der Waals surface area (Å²) in [6, 6.07) is 21.9. The minimum atomic E-state index is -0.127. The molecule has 1 heterocycles. The largest absolute Gasteiger partial charge is 0.413 e. The molecule has 0 fully saturated rings. The lowest BCUT2D eigenvalue weighted by Gasteiger charge is -2.12. The fourth-order valence-corrected chi connectivity index (χ4v) is 3.38. The third-order valence-electron chi connectivity index (χ3n) is 4.54. The molecule has 0 aliphatic heterocycles. The second-order valence-corrected chi connectivity index (χ2v) is 5.83. The van der Waals surface area contributed by atoms with Crippen molar-refractivity contribution in [2.75, 3.05) is 7.11 Å². The Morgan fingerprint density at radius 1 is 0.875 bits per heavy atom. The number of fused-ring (bicyclic) bond motifs is 3. The van der Waals surface area contributed by atoms with Crippen LogP contribution in [0.15, 0.2) is 71.5 Å². The van der Waals surface area contributed by atoms with Gasteiger partial charge >= 0.3 is 0 Å². The second kappa shape index (κ2) is 5.53. The molecule has 24 heavy (non-hydrogen) atoms. The number of benzene rings is 1. The van der Waals surface area contributed by atoms with E-state index in [2.05, 4.69) is 13.0 Å². The molecular weight excluding hydrogens is 298 g/mol. The van der Waals surface area contributed by atoms with E-state index in [0.29, 0.717) is 5.39 Å². The average molecular weight is 315 g/mol. The molecule has 118 valence electrons. The lowest BCUT2D eigenvalue weighted by molar-refractivity contribution is 0.163. The molecule has 2 aromatic rings. The molecule has 1 aromatic heterocycles. The minimum absolute atomic E-state index is 0.127. The van der Waals surface area contributed by atoms with Gasteiger partial charge in [0.2, 0.25) is 0 Å². The van der Waals surface area contributed by atoms with Crippen molar-refractivity contribution in [1.82, 2.24) is 4.73 Å². The topological polar surface area (TPSA) is 31.2 Å². The normalized spacial score (nSPS) is 11.1. The van der Waals surface area contributed by atoms with E-state index in [-0.39, 0.29) is 5.56 Å². The fourth-order valence-electron chi connectivity index (χ4n) is 3.38. The van der Waals surface area contributed by atoms with E-state index in [4.69, 9.17) is 4.84 Å². The number of hydrogen-bond acceptors (Lipinski definition) is 2. The quantitative estimate of drug-likeness (QED) is 0.557. The first-order chi connectivity index (χ1) is 11.7. The molecule has 0 N–H and O–H groups in total. The van der Waals surface area contributed by atoms with Gasteiger partial charge in [0.25, 0.3) is 5.56 Å². The van der Waals surface area contributed by atoms with Crippen LogP contribution in [-0.2, 0) is 0 Å². The zero-order valence-corrected chi connectivity index (χ0v) is 13.6. The van der Waals surface area contributed by atoms with Gasteiger partial charge in [-0.15, -0.1) is 4.73 Å². The van der Waals surface area contributed by atoms with Gasteiger partial charge in [0.1, 0.15) is 7.11 Å². The monoisotopic (exact) mass is 315 g/mol. The standard InChI is InChI=1S/C21H17NO2/c1-14-16-11-7-4-8-12-17(16)20-18(14)13-19(22(24-2)21(20)23)15-9-5-3-6-10-15/h3-13H,1-2H3. The van der Waals surface area contributed by atoms with E-state index in [0.717, 1.165) is 33.3 Å². The van der Waals surface area contributed by atoms with Crippen LogP contribution in [0.4, 0.5) is 0 Å². The van der Waals surface area contributed by atoms with Crippen molar-refractivity contribution in [3.63, 3.8) is 0 Å². The summed E-state index contributed by atoms with van der Waals surface area (Å²) in [6.45, 7) is 2.07. The molecule has 0 radical (unpaired) electrons. The summed E-state index contributed by atoms with van der Waals surface area (Å²) in [5.41, 5.74) is 4.77. The maximum Gasteiger partial charge on any atom is 0.292 e. The van der Waals surface area contributed by atoms with Crippen LogP contribution in [0.3, 0.4) is 0 Å². The van der Waals surface area contributed by atoms with Gasteiger partial charge < -0.3 is 4.84 Å². The van der Waals surface area contributed by atoms with E-state index in [1.807, 2.05) is 60.7 Å². The maximum absolute atomic E-state index is 13.1. The number of hydrogen-bond donors (Lipinski definition) is 0. The summed E-state index contributed by atoms with van der Waals surface area (Å²) in [5.74, 6) is 0. The SMILES string of the molecule is COn1c(-c2ccccc2)cc2c(C)c3cccccc-3c2c1=O. The highest BCUT2D eigenvalue weighted by Gasteiger charge is 2.20. The molecule has 2 aliphatic rings. The number of aromatic nitrogens is 1. The first-order valence-corrected chi connectivity index (χ1v) is 7.89. The highest BCUT2D eigenvalue weighted by molar-refractivity contribution is 6.06. The highest BCUT2D eigenvalue weighted by atomic mass is 16.6. The van der Waals surface area contributed by atoms with Crippen molar-refractivity contribution in [2.45, 2.75) is 6.92 Å². The zero-order chi connectivity index (χ0) is 16.7. The third-order valence-corrected chi connectivity index (χ3v) is 4.54. The van der Waals surface area contributed by atoms with Crippen LogP contribution in [-0.4, -0.2) is 11.8 Å². The maximum atomic E-state index is 13.1. The van der Waals surface area contributed by atoms with Crippen molar-refractivity contribution in [1.29, 1.82) is 0 Å². The van der Waals surface area contributed by atoms with E-state index < -0.39 is 0 Å². The number of rotatable bonds is 2. The van der Waals surface area contributed by atoms with Gasteiger partial charge in [-0.25, -0.2) is 0 Å². The molecule has 1 aromatic carbocycles. The van der Waals surface area contributed by atoms with Crippen LogP contribution >= 0.6 is 0 Å². The Balaban J connectivity index is 2.19. The molecule has 3 heteroatoms. The van der Waals surface area contributed by atoms with Crippen molar-refractivity contribution in [3.8, 4) is 22.4 Å². The van der Waals surface area contributed by atoms with Crippen LogP contribution in [0.1, 0.15) is 5.56 Å². The number of pyridine rings is 1. The summed E-state index contributed by atoms with van der Waals surface area (Å²) in [6.07, 6.45) is 0. The van der Waals surface area contributed by atoms with Gasteiger partial charge in [0, 0.05) is 5.56 Å². The highest BCUT2D eigenvalue weighted by Crippen LogP contribution is 2.37. The number of aryl methyl sites for hydroxylation is 1. The van der Waals surface area contributed by atoms with Crippen molar-refractivity contribution >= 4 is 10.8 Å². The average Bonchev–Trinajstić information content (AvgIpc) is 2.78. The Labute approximate surface area is 140 Å².